The maximum atomic E-state index is 12.5. The van der Waals surface area contributed by atoms with Gasteiger partial charge in [-0.05, 0) is 36.2 Å². The minimum absolute atomic E-state index is 0.0326. The fraction of sp³-hybridized carbons (Fsp3) is 0.409. The molecule has 1 saturated heterocycles. The molecule has 1 amide bonds. The van der Waals surface area contributed by atoms with Crippen molar-refractivity contribution in [2.45, 2.75) is 20.0 Å². The van der Waals surface area contributed by atoms with Crippen molar-refractivity contribution < 1.29 is 14.3 Å². The van der Waals surface area contributed by atoms with Gasteiger partial charge >= 0.3 is 0 Å². The van der Waals surface area contributed by atoms with Crippen LogP contribution in [0.3, 0.4) is 0 Å². The number of benzene rings is 2. The summed E-state index contributed by atoms with van der Waals surface area (Å²) in [6.45, 7) is 8.54. The van der Waals surface area contributed by atoms with Gasteiger partial charge in [0.15, 0.2) is 0 Å². The van der Waals surface area contributed by atoms with E-state index in [1.807, 2.05) is 42.5 Å². The third-order valence-corrected chi connectivity index (χ3v) is 4.41. The number of morpholine rings is 1. The lowest BCUT2D eigenvalue weighted by Crippen LogP contribution is -2.48. The molecule has 5 heteroatoms. The summed E-state index contributed by atoms with van der Waals surface area (Å²) in [5.41, 5.74) is 0.582. The van der Waals surface area contributed by atoms with Gasteiger partial charge in [0.25, 0.3) is 5.91 Å². The molecule has 5 nitrogen and oxygen atoms in total. The lowest BCUT2D eigenvalue weighted by atomic mass is 10.1. The molecule has 1 heterocycles. The highest BCUT2D eigenvalue weighted by Crippen LogP contribution is 2.21. The largest absolute Gasteiger partial charge is 0.457 e. The molecule has 1 unspecified atom stereocenters. The van der Waals surface area contributed by atoms with Crippen LogP contribution in [0.4, 0.5) is 0 Å². The Bertz CT molecular complexity index is 733. The Morgan fingerprint density at radius 2 is 1.96 bits per heavy atom. The Morgan fingerprint density at radius 1 is 1.19 bits per heavy atom. The van der Waals surface area contributed by atoms with Crippen molar-refractivity contribution >= 4 is 5.91 Å². The molecule has 0 bridgehead atoms. The average molecular weight is 368 g/mol. The van der Waals surface area contributed by atoms with Crippen molar-refractivity contribution in [2.24, 2.45) is 5.92 Å². The van der Waals surface area contributed by atoms with Gasteiger partial charge < -0.3 is 14.8 Å². The van der Waals surface area contributed by atoms with Gasteiger partial charge in [-0.15, -0.1) is 0 Å². The van der Waals surface area contributed by atoms with Crippen LogP contribution >= 0.6 is 0 Å². The molecule has 1 N–H and O–H groups in total. The highest BCUT2D eigenvalue weighted by Gasteiger charge is 2.21. The normalized spacial score (nSPS) is 17.7. The van der Waals surface area contributed by atoms with E-state index in [0.717, 1.165) is 25.4 Å². The third-order valence-electron chi connectivity index (χ3n) is 4.41. The number of para-hydroxylation sites is 1. The zero-order chi connectivity index (χ0) is 19.1. The lowest BCUT2D eigenvalue weighted by Gasteiger charge is -2.33. The van der Waals surface area contributed by atoms with Crippen LogP contribution in [0.2, 0.25) is 0 Å². The maximum absolute atomic E-state index is 12.5. The second kappa shape index (κ2) is 9.53. The summed E-state index contributed by atoms with van der Waals surface area (Å²) < 4.78 is 11.6. The number of carbonyl (C=O) groups is 1. The van der Waals surface area contributed by atoms with E-state index in [4.69, 9.17) is 9.47 Å². The first kappa shape index (κ1) is 19.4. The zero-order valence-electron chi connectivity index (χ0n) is 16.1. The first-order valence-electron chi connectivity index (χ1n) is 9.55. The van der Waals surface area contributed by atoms with Crippen molar-refractivity contribution in [2.75, 3.05) is 32.8 Å². The van der Waals surface area contributed by atoms with Gasteiger partial charge in [-0.3, -0.25) is 9.69 Å². The average Bonchev–Trinajstić information content (AvgIpc) is 2.67. The standard InChI is InChI=1S/C22H28N2O3/c1-17(2)15-24-11-12-26-21(16-24)14-23-22(25)18-7-6-10-20(13-18)27-19-8-4-3-5-9-19/h3-10,13,17,21H,11-12,14-16H2,1-2H3,(H,23,25). The zero-order valence-corrected chi connectivity index (χ0v) is 16.1. The Hall–Kier alpha value is -2.37. The number of nitrogens with one attached hydrogen (secondary N) is 1. The van der Waals surface area contributed by atoms with Gasteiger partial charge in [-0.25, -0.2) is 0 Å². The molecule has 0 aliphatic carbocycles. The fourth-order valence-electron chi connectivity index (χ4n) is 3.22. The summed E-state index contributed by atoms with van der Waals surface area (Å²) in [4.78, 5) is 14.9. The molecule has 1 aliphatic rings. The molecular weight excluding hydrogens is 340 g/mol. The van der Waals surface area contributed by atoms with Crippen LogP contribution < -0.4 is 10.1 Å². The van der Waals surface area contributed by atoms with Gasteiger partial charge in [-0.1, -0.05) is 38.1 Å². The predicted octanol–water partition coefficient (Wildman–Crippen LogP) is 3.57. The Kier molecular flexibility index (Phi) is 6.85. The molecule has 3 rings (SSSR count). The van der Waals surface area contributed by atoms with Crippen LogP contribution in [0.25, 0.3) is 0 Å². The molecule has 0 spiro atoms. The van der Waals surface area contributed by atoms with Crippen molar-refractivity contribution in [1.82, 2.24) is 10.2 Å². The van der Waals surface area contributed by atoms with Crippen LogP contribution in [-0.4, -0.2) is 49.7 Å². The molecule has 0 radical (unpaired) electrons. The molecule has 0 saturated carbocycles. The second-order valence-corrected chi connectivity index (χ2v) is 7.30. The number of rotatable bonds is 7. The molecule has 1 fully saturated rings. The maximum Gasteiger partial charge on any atom is 0.251 e. The number of hydrogen-bond donors (Lipinski definition) is 1. The van der Waals surface area contributed by atoms with Crippen molar-refractivity contribution in [3.8, 4) is 11.5 Å². The quantitative estimate of drug-likeness (QED) is 0.812. The fourth-order valence-corrected chi connectivity index (χ4v) is 3.22. The Morgan fingerprint density at radius 3 is 2.74 bits per heavy atom. The predicted molar refractivity (Wildman–Crippen MR) is 106 cm³/mol. The number of ether oxygens (including phenoxy) is 2. The summed E-state index contributed by atoms with van der Waals surface area (Å²) in [6, 6.07) is 16.8. The topological polar surface area (TPSA) is 50.8 Å². The summed E-state index contributed by atoms with van der Waals surface area (Å²) in [5.74, 6) is 1.91. The van der Waals surface area contributed by atoms with E-state index in [9.17, 15) is 4.79 Å². The summed E-state index contributed by atoms with van der Waals surface area (Å²) in [5, 5.41) is 2.99. The first-order chi connectivity index (χ1) is 13.1. The van der Waals surface area contributed by atoms with Crippen LogP contribution in [0.5, 0.6) is 11.5 Å². The minimum atomic E-state index is -0.113. The number of carbonyl (C=O) groups excluding carboxylic acids is 1. The van der Waals surface area contributed by atoms with Crippen LogP contribution in [0, 0.1) is 5.92 Å². The SMILES string of the molecule is CC(C)CN1CCOC(CNC(=O)c2cccc(Oc3ccccc3)c2)C1. The minimum Gasteiger partial charge on any atom is -0.457 e. The molecule has 1 atom stereocenters. The number of amides is 1. The van der Waals surface area contributed by atoms with E-state index in [-0.39, 0.29) is 12.0 Å². The lowest BCUT2D eigenvalue weighted by molar-refractivity contribution is -0.0295. The number of hydrogen-bond acceptors (Lipinski definition) is 4. The van der Waals surface area contributed by atoms with Gasteiger partial charge in [0.2, 0.25) is 0 Å². The first-order valence-corrected chi connectivity index (χ1v) is 9.55. The van der Waals surface area contributed by atoms with Gasteiger partial charge in [0.1, 0.15) is 11.5 Å². The molecular formula is C22H28N2O3. The highest BCUT2D eigenvalue weighted by atomic mass is 16.5. The van der Waals surface area contributed by atoms with Crippen LogP contribution in [0.1, 0.15) is 24.2 Å². The third kappa shape index (κ3) is 6.08. The molecule has 27 heavy (non-hydrogen) atoms. The number of nitrogens with zero attached hydrogens (tertiary/aromatic N) is 1. The van der Waals surface area contributed by atoms with Gasteiger partial charge in [-0.2, -0.15) is 0 Å². The van der Waals surface area contributed by atoms with E-state index in [1.165, 1.54) is 0 Å². The molecule has 0 aromatic heterocycles. The molecule has 2 aromatic rings. The van der Waals surface area contributed by atoms with Crippen molar-refractivity contribution in [3.63, 3.8) is 0 Å². The molecule has 144 valence electrons. The van der Waals surface area contributed by atoms with Crippen LogP contribution in [0.15, 0.2) is 54.6 Å². The summed E-state index contributed by atoms with van der Waals surface area (Å²) in [6.07, 6.45) is 0.0326. The second-order valence-electron chi connectivity index (χ2n) is 7.30. The van der Waals surface area contributed by atoms with Gasteiger partial charge in [0.05, 0.1) is 12.7 Å². The molecule has 2 aromatic carbocycles. The van der Waals surface area contributed by atoms with Crippen LogP contribution in [-0.2, 0) is 4.74 Å². The molecule has 1 aliphatic heterocycles. The van der Waals surface area contributed by atoms with Crippen molar-refractivity contribution in [3.05, 3.63) is 60.2 Å². The van der Waals surface area contributed by atoms with E-state index in [0.29, 0.717) is 30.4 Å². The monoisotopic (exact) mass is 368 g/mol. The highest BCUT2D eigenvalue weighted by molar-refractivity contribution is 5.94. The smallest absolute Gasteiger partial charge is 0.251 e. The Labute approximate surface area is 161 Å². The Balaban J connectivity index is 1.53. The van der Waals surface area contributed by atoms with Gasteiger partial charge in [0, 0.05) is 31.7 Å². The van der Waals surface area contributed by atoms with E-state index < -0.39 is 0 Å². The summed E-state index contributed by atoms with van der Waals surface area (Å²) in [7, 11) is 0. The summed E-state index contributed by atoms with van der Waals surface area (Å²) >= 11 is 0. The van der Waals surface area contributed by atoms with Crippen molar-refractivity contribution in [1.29, 1.82) is 0 Å². The van der Waals surface area contributed by atoms with E-state index in [1.54, 1.807) is 12.1 Å². The van der Waals surface area contributed by atoms with E-state index in [2.05, 4.69) is 24.1 Å². The van der Waals surface area contributed by atoms with E-state index >= 15 is 0 Å².